The van der Waals surface area contributed by atoms with E-state index in [2.05, 4.69) is 32.1 Å². The standard InChI is InChI=1S/C23H29N7O4/c1-33-23(32)29-11-9-14(10-12-29)3-2-4-17-27-20(24)19-21(28-17)30(13-25-19)18-8-7-16(34-18)22(31)26-15-5-6-15/h13-16,18H,3,5-12H2,1H3,(H,26,31)(H2,24,27,28). The van der Waals surface area contributed by atoms with E-state index in [0.29, 0.717) is 61.3 Å². The molecule has 0 bridgehead atoms. The molecule has 4 heterocycles. The van der Waals surface area contributed by atoms with Crippen LogP contribution in [0.3, 0.4) is 0 Å². The molecule has 5 rings (SSSR count). The minimum absolute atomic E-state index is 0.0486. The molecule has 180 valence electrons. The zero-order valence-electron chi connectivity index (χ0n) is 19.2. The van der Waals surface area contributed by atoms with E-state index in [-0.39, 0.29) is 24.0 Å². The molecule has 2 atom stereocenters. The van der Waals surface area contributed by atoms with Gasteiger partial charge in [-0.15, -0.1) is 0 Å². The summed E-state index contributed by atoms with van der Waals surface area (Å²) >= 11 is 0. The Labute approximate surface area is 197 Å². The number of hydrogen-bond donors (Lipinski definition) is 2. The summed E-state index contributed by atoms with van der Waals surface area (Å²) in [7, 11) is 1.40. The second-order valence-corrected chi connectivity index (χ2v) is 9.10. The summed E-state index contributed by atoms with van der Waals surface area (Å²) in [6.07, 6.45) is 6.42. The lowest BCUT2D eigenvalue weighted by atomic mass is 9.94. The van der Waals surface area contributed by atoms with E-state index >= 15 is 0 Å². The minimum Gasteiger partial charge on any atom is -0.453 e. The second-order valence-electron chi connectivity index (χ2n) is 9.10. The number of rotatable bonds is 4. The lowest BCUT2D eigenvalue weighted by molar-refractivity contribution is -0.134. The highest BCUT2D eigenvalue weighted by Gasteiger charge is 2.35. The van der Waals surface area contributed by atoms with Crippen LogP contribution < -0.4 is 11.1 Å². The monoisotopic (exact) mass is 467 g/mol. The molecule has 11 nitrogen and oxygen atoms in total. The normalized spacial score (nSPS) is 22.9. The molecule has 2 aliphatic heterocycles. The van der Waals surface area contributed by atoms with Gasteiger partial charge in [-0.3, -0.25) is 9.36 Å². The number of nitrogen functional groups attached to an aromatic ring is 1. The number of piperidine rings is 1. The average molecular weight is 468 g/mol. The fourth-order valence-corrected chi connectivity index (χ4v) is 4.47. The average Bonchev–Trinajstić information content (AvgIpc) is 3.33. The maximum Gasteiger partial charge on any atom is 0.409 e. The molecule has 2 aromatic heterocycles. The van der Waals surface area contributed by atoms with Crippen LogP contribution in [0.4, 0.5) is 10.6 Å². The molecular weight excluding hydrogens is 438 g/mol. The number of nitrogens with one attached hydrogen (secondary N) is 1. The highest BCUT2D eigenvalue weighted by Crippen LogP contribution is 2.32. The highest BCUT2D eigenvalue weighted by atomic mass is 16.5. The van der Waals surface area contributed by atoms with Gasteiger partial charge in [-0.1, -0.05) is 5.92 Å². The van der Waals surface area contributed by atoms with Gasteiger partial charge in [-0.25, -0.2) is 19.7 Å². The summed E-state index contributed by atoms with van der Waals surface area (Å²) in [4.78, 5) is 38.9. The number of carbonyl (C=O) groups excluding carboxylic acids is 2. The number of ether oxygens (including phenoxy) is 2. The maximum atomic E-state index is 12.3. The first-order valence-electron chi connectivity index (χ1n) is 11.8. The number of amides is 2. The first-order chi connectivity index (χ1) is 16.5. The van der Waals surface area contributed by atoms with Crippen LogP contribution in [-0.2, 0) is 14.3 Å². The molecule has 0 spiro atoms. The number of aromatic nitrogens is 4. The molecule has 0 radical (unpaired) electrons. The molecule has 3 N–H and O–H groups in total. The molecule has 34 heavy (non-hydrogen) atoms. The maximum absolute atomic E-state index is 12.3. The van der Waals surface area contributed by atoms with Crippen molar-refractivity contribution in [1.82, 2.24) is 29.7 Å². The third-order valence-corrected chi connectivity index (χ3v) is 6.61. The van der Waals surface area contributed by atoms with Crippen LogP contribution in [0.5, 0.6) is 0 Å². The van der Waals surface area contributed by atoms with Crippen molar-refractivity contribution in [2.75, 3.05) is 25.9 Å². The van der Waals surface area contributed by atoms with Crippen molar-refractivity contribution in [3.05, 3.63) is 12.2 Å². The van der Waals surface area contributed by atoms with E-state index in [1.165, 1.54) is 7.11 Å². The van der Waals surface area contributed by atoms with Gasteiger partial charge < -0.3 is 25.4 Å². The Kier molecular flexibility index (Phi) is 6.24. The molecule has 2 amide bonds. The van der Waals surface area contributed by atoms with Gasteiger partial charge in [-0.05, 0) is 50.4 Å². The van der Waals surface area contributed by atoms with E-state index in [4.69, 9.17) is 15.2 Å². The first kappa shape index (κ1) is 22.4. The van der Waals surface area contributed by atoms with Gasteiger partial charge in [0.2, 0.25) is 11.7 Å². The van der Waals surface area contributed by atoms with Crippen LogP contribution in [0.2, 0.25) is 0 Å². The summed E-state index contributed by atoms with van der Waals surface area (Å²) in [6.45, 7) is 1.35. The molecule has 2 saturated heterocycles. The van der Waals surface area contributed by atoms with Crippen LogP contribution in [0.1, 0.15) is 57.0 Å². The number of methoxy groups -OCH3 is 1. The van der Waals surface area contributed by atoms with E-state index in [1.54, 1.807) is 11.2 Å². The first-order valence-corrected chi connectivity index (χ1v) is 11.8. The summed E-state index contributed by atoms with van der Waals surface area (Å²) in [5.41, 5.74) is 7.18. The summed E-state index contributed by atoms with van der Waals surface area (Å²) in [5, 5.41) is 3.00. The third-order valence-electron chi connectivity index (χ3n) is 6.61. The Morgan fingerprint density at radius 1 is 1.21 bits per heavy atom. The van der Waals surface area contributed by atoms with Gasteiger partial charge >= 0.3 is 6.09 Å². The fourth-order valence-electron chi connectivity index (χ4n) is 4.47. The van der Waals surface area contributed by atoms with Gasteiger partial charge in [0.25, 0.3) is 0 Å². The van der Waals surface area contributed by atoms with E-state index in [9.17, 15) is 9.59 Å². The van der Waals surface area contributed by atoms with Crippen LogP contribution in [0.15, 0.2) is 6.33 Å². The lowest BCUT2D eigenvalue weighted by Crippen LogP contribution is -2.38. The van der Waals surface area contributed by atoms with Crippen molar-refractivity contribution < 1.29 is 19.1 Å². The number of nitrogens with two attached hydrogens (primary N) is 1. The molecule has 3 fully saturated rings. The lowest BCUT2D eigenvalue weighted by Gasteiger charge is -2.29. The molecule has 2 unspecified atom stereocenters. The SMILES string of the molecule is COC(=O)N1CCC(CC#Cc2nc(N)c3ncn(C4CCC(C(=O)NC5CC5)O4)c3n2)CC1. The topological polar surface area (TPSA) is 137 Å². The number of nitrogens with zero attached hydrogens (tertiary/aromatic N) is 5. The van der Waals surface area contributed by atoms with Crippen molar-refractivity contribution >= 4 is 29.0 Å². The predicted molar refractivity (Wildman–Crippen MR) is 122 cm³/mol. The van der Waals surface area contributed by atoms with Gasteiger partial charge in [-0.2, -0.15) is 0 Å². The highest BCUT2D eigenvalue weighted by molar-refractivity contribution is 5.83. The minimum atomic E-state index is -0.466. The van der Waals surface area contributed by atoms with Crippen molar-refractivity contribution in [3.63, 3.8) is 0 Å². The molecule has 3 aliphatic rings. The molecule has 2 aromatic rings. The van der Waals surface area contributed by atoms with Gasteiger partial charge in [0.15, 0.2) is 11.5 Å². The van der Waals surface area contributed by atoms with Crippen LogP contribution in [0.25, 0.3) is 11.2 Å². The Bertz CT molecular complexity index is 1140. The van der Waals surface area contributed by atoms with Crippen LogP contribution in [0, 0.1) is 17.8 Å². The number of likely N-dealkylation sites (tertiary alicyclic amines) is 1. The van der Waals surface area contributed by atoms with Gasteiger partial charge in [0, 0.05) is 25.6 Å². The van der Waals surface area contributed by atoms with Crippen molar-refractivity contribution in [2.24, 2.45) is 5.92 Å². The predicted octanol–water partition coefficient (Wildman–Crippen LogP) is 1.58. The fraction of sp³-hybridized carbons (Fsp3) is 0.609. The van der Waals surface area contributed by atoms with E-state index in [0.717, 1.165) is 25.7 Å². The van der Waals surface area contributed by atoms with E-state index < -0.39 is 6.10 Å². The largest absolute Gasteiger partial charge is 0.453 e. The number of carbonyl (C=O) groups is 2. The van der Waals surface area contributed by atoms with Gasteiger partial charge in [0.05, 0.1) is 13.4 Å². The number of imidazole rings is 1. The number of anilines is 1. The van der Waals surface area contributed by atoms with Crippen molar-refractivity contribution in [1.29, 1.82) is 0 Å². The van der Waals surface area contributed by atoms with Crippen molar-refractivity contribution in [3.8, 4) is 11.8 Å². The van der Waals surface area contributed by atoms with Crippen LogP contribution >= 0.6 is 0 Å². The molecular formula is C23H29N7O4. The van der Waals surface area contributed by atoms with E-state index in [1.807, 2.05) is 4.57 Å². The van der Waals surface area contributed by atoms with Gasteiger partial charge in [0.1, 0.15) is 17.8 Å². The summed E-state index contributed by atoms with van der Waals surface area (Å²) in [5.74, 6) is 7.16. The molecule has 1 aliphatic carbocycles. The number of fused-ring (bicyclic) bond motifs is 1. The quantitative estimate of drug-likeness (QED) is 0.647. The molecule has 1 saturated carbocycles. The van der Waals surface area contributed by atoms with Crippen molar-refractivity contribution in [2.45, 2.75) is 63.3 Å². The molecule has 11 heteroatoms. The Balaban J connectivity index is 1.24. The molecule has 0 aromatic carbocycles. The summed E-state index contributed by atoms with van der Waals surface area (Å²) < 4.78 is 12.6. The zero-order chi connectivity index (χ0) is 23.7. The summed E-state index contributed by atoms with van der Waals surface area (Å²) in [6, 6.07) is 0.304. The van der Waals surface area contributed by atoms with Crippen LogP contribution in [-0.4, -0.2) is 68.8 Å². The Hall–Kier alpha value is -3.39. The second kappa shape index (κ2) is 9.46. The Morgan fingerprint density at radius 3 is 2.74 bits per heavy atom. The third kappa shape index (κ3) is 4.77. The zero-order valence-corrected chi connectivity index (χ0v) is 19.2. The Morgan fingerprint density at radius 2 is 2.00 bits per heavy atom. The number of hydrogen-bond acceptors (Lipinski definition) is 8. The smallest absolute Gasteiger partial charge is 0.409 e.